The van der Waals surface area contributed by atoms with Gasteiger partial charge in [-0.2, -0.15) is 4.31 Å². The number of fused-ring (bicyclic) bond motifs is 4. The molecule has 162 valence electrons. The number of rotatable bonds is 2. The van der Waals surface area contributed by atoms with Crippen LogP contribution in [0.5, 0.6) is 0 Å². The minimum absolute atomic E-state index is 0.289. The van der Waals surface area contributed by atoms with E-state index in [4.69, 9.17) is 0 Å². The SMILES string of the molecule is Cc1cc(C)c(S(=O)(=O)N2CCC3(CC2)Nc2cc(F)ccc2-n2cccc23)c(C)c1. The Balaban J connectivity index is 1.47. The molecule has 0 atom stereocenters. The maximum absolute atomic E-state index is 13.9. The summed E-state index contributed by atoms with van der Waals surface area (Å²) >= 11 is 0. The van der Waals surface area contributed by atoms with Crippen molar-refractivity contribution in [3.05, 3.63) is 76.9 Å². The Labute approximate surface area is 182 Å². The van der Waals surface area contributed by atoms with Crippen molar-refractivity contribution in [2.45, 2.75) is 44.0 Å². The Bertz CT molecular complexity index is 1260. The van der Waals surface area contributed by atoms with E-state index < -0.39 is 15.6 Å². The molecular formula is C24H26FN3O2S. The van der Waals surface area contributed by atoms with Crippen LogP contribution in [0, 0.1) is 26.6 Å². The van der Waals surface area contributed by atoms with Crippen molar-refractivity contribution in [3.63, 3.8) is 0 Å². The van der Waals surface area contributed by atoms with Crippen LogP contribution < -0.4 is 5.32 Å². The molecule has 3 heterocycles. The van der Waals surface area contributed by atoms with Gasteiger partial charge >= 0.3 is 0 Å². The lowest BCUT2D eigenvalue weighted by molar-refractivity contribution is 0.247. The predicted octanol–water partition coefficient (Wildman–Crippen LogP) is 4.65. The Morgan fingerprint density at radius 3 is 2.35 bits per heavy atom. The maximum Gasteiger partial charge on any atom is 0.243 e. The fourth-order valence-corrected chi connectivity index (χ4v) is 7.17. The van der Waals surface area contributed by atoms with Crippen molar-refractivity contribution in [2.75, 3.05) is 18.4 Å². The van der Waals surface area contributed by atoms with Crippen LogP contribution >= 0.6 is 0 Å². The largest absolute Gasteiger partial charge is 0.372 e. The molecule has 1 aromatic heterocycles. The number of aromatic nitrogens is 1. The molecular weight excluding hydrogens is 413 g/mol. The molecule has 5 rings (SSSR count). The molecule has 0 amide bonds. The van der Waals surface area contributed by atoms with Crippen molar-refractivity contribution >= 4 is 15.7 Å². The first-order valence-corrected chi connectivity index (χ1v) is 12.0. The van der Waals surface area contributed by atoms with Gasteiger partial charge in [0.05, 0.1) is 21.8 Å². The van der Waals surface area contributed by atoms with E-state index in [1.54, 1.807) is 10.4 Å². The van der Waals surface area contributed by atoms with Gasteiger partial charge in [-0.1, -0.05) is 17.7 Å². The molecule has 0 saturated carbocycles. The molecule has 2 aromatic carbocycles. The third-order valence-electron chi connectivity index (χ3n) is 6.61. The first kappa shape index (κ1) is 20.3. The lowest BCUT2D eigenvalue weighted by Crippen LogP contribution is -2.51. The van der Waals surface area contributed by atoms with Crippen molar-refractivity contribution in [1.29, 1.82) is 0 Å². The molecule has 2 aliphatic rings. The van der Waals surface area contributed by atoms with Crippen LogP contribution in [0.25, 0.3) is 5.69 Å². The molecule has 1 spiro atoms. The van der Waals surface area contributed by atoms with Crippen LogP contribution in [0.4, 0.5) is 10.1 Å². The Morgan fingerprint density at radius 2 is 1.68 bits per heavy atom. The molecule has 0 aliphatic carbocycles. The summed E-state index contributed by atoms with van der Waals surface area (Å²) in [5, 5.41) is 3.56. The van der Waals surface area contributed by atoms with Crippen LogP contribution in [0.15, 0.2) is 53.6 Å². The third kappa shape index (κ3) is 3.10. The lowest BCUT2D eigenvalue weighted by Gasteiger charge is -2.46. The number of sulfonamides is 1. The second-order valence-corrected chi connectivity index (χ2v) is 10.6. The molecule has 1 saturated heterocycles. The number of nitrogens with one attached hydrogen (secondary N) is 1. The number of anilines is 1. The van der Waals surface area contributed by atoms with Crippen molar-refractivity contribution in [2.24, 2.45) is 0 Å². The van der Waals surface area contributed by atoms with E-state index in [1.807, 2.05) is 45.2 Å². The number of piperidine rings is 1. The standard InChI is InChI=1S/C24H26FN3O2S/c1-16-13-17(2)23(18(3)14-16)31(29,30)27-11-8-24(9-12-27)22-5-4-10-28(22)21-7-6-19(25)15-20(21)26-24/h4-7,10,13-15,26H,8-9,11-12H2,1-3H3. The molecule has 1 N–H and O–H groups in total. The zero-order valence-corrected chi connectivity index (χ0v) is 18.8. The topological polar surface area (TPSA) is 54.3 Å². The smallest absolute Gasteiger partial charge is 0.243 e. The average molecular weight is 440 g/mol. The second kappa shape index (κ2) is 6.93. The number of benzene rings is 2. The number of nitrogens with zero attached hydrogens (tertiary/aromatic N) is 2. The van der Waals surface area contributed by atoms with Crippen molar-refractivity contribution in [3.8, 4) is 5.69 Å². The van der Waals surface area contributed by atoms with Crippen molar-refractivity contribution in [1.82, 2.24) is 8.87 Å². The molecule has 0 bridgehead atoms. The lowest BCUT2D eigenvalue weighted by atomic mass is 9.83. The van der Waals surface area contributed by atoms with E-state index >= 15 is 0 Å². The van der Waals surface area contributed by atoms with E-state index in [0.717, 1.165) is 33.8 Å². The van der Waals surface area contributed by atoms with Crippen LogP contribution in [-0.2, 0) is 15.6 Å². The van der Waals surface area contributed by atoms with E-state index in [-0.39, 0.29) is 5.82 Å². The summed E-state index contributed by atoms with van der Waals surface area (Å²) in [5.74, 6) is -0.289. The summed E-state index contributed by atoms with van der Waals surface area (Å²) in [4.78, 5) is 0.418. The summed E-state index contributed by atoms with van der Waals surface area (Å²) in [6, 6.07) is 12.7. The molecule has 1 fully saturated rings. The number of hydrogen-bond acceptors (Lipinski definition) is 3. The van der Waals surface area contributed by atoms with Gasteiger partial charge in [0.25, 0.3) is 0 Å². The fraction of sp³-hybridized carbons (Fsp3) is 0.333. The van der Waals surface area contributed by atoms with Gasteiger partial charge in [-0.05, 0) is 75.1 Å². The van der Waals surface area contributed by atoms with E-state index in [1.165, 1.54) is 12.1 Å². The highest BCUT2D eigenvalue weighted by molar-refractivity contribution is 7.89. The zero-order chi connectivity index (χ0) is 22.0. The molecule has 0 unspecified atom stereocenters. The predicted molar refractivity (Wildman–Crippen MR) is 120 cm³/mol. The quantitative estimate of drug-likeness (QED) is 0.633. The van der Waals surface area contributed by atoms with Gasteiger partial charge in [0, 0.05) is 25.0 Å². The highest BCUT2D eigenvalue weighted by atomic mass is 32.2. The highest BCUT2D eigenvalue weighted by Gasteiger charge is 2.44. The highest BCUT2D eigenvalue weighted by Crippen LogP contribution is 2.44. The molecule has 31 heavy (non-hydrogen) atoms. The fourth-order valence-electron chi connectivity index (χ4n) is 5.31. The normalized spacial score (nSPS) is 17.8. The third-order valence-corrected chi connectivity index (χ3v) is 8.81. The Morgan fingerprint density at radius 1 is 1.00 bits per heavy atom. The molecule has 2 aliphatic heterocycles. The minimum Gasteiger partial charge on any atom is -0.372 e. The summed E-state index contributed by atoms with van der Waals surface area (Å²) in [7, 11) is -3.59. The minimum atomic E-state index is -3.59. The summed E-state index contributed by atoms with van der Waals surface area (Å²) in [5.41, 5.74) is 4.95. The summed E-state index contributed by atoms with van der Waals surface area (Å²) < 4.78 is 44.6. The van der Waals surface area contributed by atoms with Gasteiger partial charge in [-0.25, -0.2) is 12.8 Å². The first-order chi connectivity index (χ1) is 14.7. The summed E-state index contributed by atoms with van der Waals surface area (Å²) in [6.45, 7) is 6.50. The van der Waals surface area contributed by atoms with E-state index in [0.29, 0.717) is 30.8 Å². The van der Waals surface area contributed by atoms with Crippen LogP contribution in [0.1, 0.15) is 35.2 Å². The van der Waals surface area contributed by atoms with Gasteiger partial charge in [0.1, 0.15) is 5.82 Å². The van der Waals surface area contributed by atoms with E-state index in [9.17, 15) is 12.8 Å². The van der Waals surface area contributed by atoms with Gasteiger partial charge in [0.15, 0.2) is 0 Å². The summed E-state index contributed by atoms with van der Waals surface area (Å²) in [6.07, 6.45) is 3.20. The maximum atomic E-state index is 13.9. The van der Waals surface area contributed by atoms with Gasteiger partial charge in [0.2, 0.25) is 10.0 Å². The number of aryl methyl sites for hydroxylation is 3. The van der Waals surface area contributed by atoms with Crippen LogP contribution in [0.2, 0.25) is 0 Å². The monoisotopic (exact) mass is 439 g/mol. The van der Waals surface area contributed by atoms with E-state index in [2.05, 4.69) is 16.0 Å². The van der Waals surface area contributed by atoms with Crippen LogP contribution in [0.3, 0.4) is 0 Å². The average Bonchev–Trinajstić information content (AvgIpc) is 3.18. The number of hydrogen-bond donors (Lipinski definition) is 1. The first-order valence-electron chi connectivity index (χ1n) is 10.6. The zero-order valence-electron chi connectivity index (χ0n) is 17.9. The Hall–Kier alpha value is -2.64. The second-order valence-electron chi connectivity index (χ2n) is 8.76. The van der Waals surface area contributed by atoms with Crippen LogP contribution in [-0.4, -0.2) is 30.4 Å². The molecule has 5 nitrogen and oxygen atoms in total. The van der Waals surface area contributed by atoms with Gasteiger partial charge in [-0.15, -0.1) is 0 Å². The molecule has 0 radical (unpaired) electrons. The van der Waals surface area contributed by atoms with Crippen molar-refractivity contribution < 1.29 is 12.8 Å². The van der Waals surface area contributed by atoms with Gasteiger partial charge in [-0.3, -0.25) is 0 Å². The Kier molecular flexibility index (Phi) is 4.53. The molecule has 3 aromatic rings. The van der Waals surface area contributed by atoms with Gasteiger partial charge < -0.3 is 9.88 Å². The number of halogens is 1. The molecule has 7 heteroatoms.